The third-order valence-electron chi connectivity index (χ3n) is 3.36. The monoisotopic (exact) mass is 307 g/mol. The van der Waals surface area contributed by atoms with E-state index in [4.69, 9.17) is 5.73 Å². The second-order valence-corrected chi connectivity index (χ2v) is 5.37. The smallest absolute Gasteiger partial charge is 0.281 e. The van der Waals surface area contributed by atoms with Crippen molar-refractivity contribution in [2.75, 3.05) is 11.1 Å². The normalized spacial score (nSPS) is 10.5. The Bertz CT molecular complexity index is 869. The molecule has 0 saturated carbocycles. The van der Waals surface area contributed by atoms with Gasteiger partial charge in [0, 0.05) is 11.3 Å². The highest BCUT2D eigenvalue weighted by Gasteiger charge is 2.16. The molecule has 0 aliphatic carbocycles. The van der Waals surface area contributed by atoms with Crippen molar-refractivity contribution in [3.8, 4) is 0 Å². The summed E-state index contributed by atoms with van der Waals surface area (Å²) in [6, 6.07) is 15.0. The van der Waals surface area contributed by atoms with Gasteiger partial charge in [0.2, 0.25) is 11.9 Å². The van der Waals surface area contributed by atoms with Crippen LogP contribution in [0.5, 0.6) is 0 Å². The van der Waals surface area contributed by atoms with E-state index in [1.807, 2.05) is 50.2 Å². The van der Waals surface area contributed by atoms with Crippen LogP contribution in [0.4, 0.5) is 17.6 Å². The third-order valence-corrected chi connectivity index (χ3v) is 3.36. The van der Waals surface area contributed by atoms with E-state index in [9.17, 15) is 4.79 Å². The highest BCUT2D eigenvalue weighted by atomic mass is 16.2. The van der Waals surface area contributed by atoms with Gasteiger partial charge in [0.15, 0.2) is 0 Å². The minimum absolute atomic E-state index is 0.0478. The van der Waals surface area contributed by atoms with Gasteiger partial charge in [0.1, 0.15) is 0 Å². The molecule has 23 heavy (non-hydrogen) atoms. The van der Waals surface area contributed by atoms with Crippen LogP contribution in [0.1, 0.15) is 21.5 Å². The fourth-order valence-corrected chi connectivity index (χ4v) is 2.28. The van der Waals surface area contributed by atoms with Crippen LogP contribution in [0.15, 0.2) is 48.5 Å². The number of aryl methyl sites for hydroxylation is 2. The molecule has 0 unspecified atom stereocenters. The van der Waals surface area contributed by atoms with E-state index in [1.165, 1.54) is 0 Å². The average molecular weight is 307 g/mol. The SMILES string of the molecule is Cc1cccc(Nc2nc(N)n(C(=O)c3cccc(C)c3)n2)c1. The summed E-state index contributed by atoms with van der Waals surface area (Å²) in [5.41, 5.74) is 9.29. The van der Waals surface area contributed by atoms with E-state index >= 15 is 0 Å². The number of aromatic nitrogens is 3. The van der Waals surface area contributed by atoms with E-state index < -0.39 is 0 Å². The Hall–Kier alpha value is -3.15. The van der Waals surface area contributed by atoms with Crippen LogP contribution in [0.25, 0.3) is 0 Å². The highest BCUT2D eigenvalue weighted by molar-refractivity contribution is 5.97. The van der Waals surface area contributed by atoms with Gasteiger partial charge in [-0.05, 0) is 43.7 Å². The van der Waals surface area contributed by atoms with Crippen molar-refractivity contribution in [1.29, 1.82) is 0 Å². The molecule has 2 aromatic carbocycles. The number of carbonyl (C=O) groups excluding carboxylic acids is 1. The number of nitrogens with one attached hydrogen (secondary N) is 1. The lowest BCUT2D eigenvalue weighted by atomic mass is 10.1. The van der Waals surface area contributed by atoms with Crippen LogP contribution in [0.3, 0.4) is 0 Å². The molecule has 0 aliphatic heterocycles. The van der Waals surface area contributed by atoms with Crippen LogP contribution in [-0.2, 0) is 0 Å². The second-order valence-electron chi connectivity index (χ2n) is 5.37. The molecule has 3 aromatic rings. The summed E-state index contributed by atoms with van der Waals surface area (Å²) in [6.07, 6.45) is 0. The highest BCUT2D eigenvalue weighted by Crippen LogP contribution is 2.16. The average Bonchev–Trinajstić information content (AvgIpc) is 2.87. The Labute approximate surface area is 134 Å². The van der Waals surface area contributed by atoms with Crippen LogP contribution in [0, 0.1) is 13.8 Å². The Kier molecular flexibility index (Phi) is 3.80. The number of hydrogen-bond donors (Lipinski definition) is 2. The van der Waals surface area contributed by atoms with E-state index in [2.05, 4.69) is 15.4 Å². The van der Waals surface area contributed by atoms with Gasteiger partial charge in [-0.25, -0.2) is 0 Å². The number of carbonyl (C=O) groups is 1. The van der Waals surface area contributed by atoms with Crippen LogP contribution in [-0.4, -0.2) is 20.7 Å². The summed E-state index contributed by atoms with van der Waals surface area (Å²) in [4.78, 5) is 16.6. The van der Waals surface area contributed by atoms with Crippen molar-refractivity contribution >= 4 is 23.5 Å². The third kappa shape index (κ3) is 3.21. The zero-order chi connectivity index (χ0) is 16.4. The van der Waals surface area contributed by atoms with Crippen molar-refractivity contribution in [3.63, 3.8) is 0 Å². The molecule has 0 spiro atoms. The summed E-state index contributed by atoms with van der Waals surface area (Å²) in [5, 5.41) is 7.21. The maximum Gasteiger partial charge on any atom is 0.281 e. The molecule has 1 heterocycles. The molecule has 0 fully saturated rings. The molecule has 0 amide bonds. The van der Waals surface area contributed by atoms with Gasteiger partial charge in [-0.1, -0.05) is 29.8 Å². The zero-order valence-corrected chi connectivity index (χ0v) is 12.9. The largest absolute Gasteiger partial charge is 0.368 e. The minimum atomic E-state index is -0.309. The summed E-state index contributed by atoms with van der Waals surface area (Å²) in [5.74, 6) is 0.0248. The number of anilines is 3. The summed E-state index contributed by atoms with van der Waals surface area (Å²) < 4.78 is 1.10. The Morgan fingerprint density at radius 1 is 1.09 bits per heavy atom. The molecule has 0 atom stereocenters. The summed E-state index contributed by atoms with van der Waals surface area (Å²) in [7, 11) is 0. The first kappa shape index (κ1) is 14.8. The zero-order valence-electron chi connectivity index (χ0n) is 12.9. The number of nitrogens with zero attached hydrogens (tertiary/aromatic N) is 3. The second kappa shape index (κ2) is 5.92. The standard InChI is InChI=1S/C17H17N5O/c1-11-5-3-7-13(9-11)15(23)22-16(18)20-17(21-22)19-14-8-4-6-12(2)10-14/h3-10H,1-2H3,(H3,18,19,20,21). The molecular weight excluding hydrogens is 290 g/mol. The Balaban J connectivity index is 1.87. The van der Waals surface area contributed by atoms with Gasteiger partial charge < -0.3 is 11.1 Å². The molecule has 0 saturated heterocycles. The van der Waals surface area contributed by atoms with Crippen molar-refractivity contribution in [3.05, 3.63) is 65.2 Å². The van der Waals surface area contributed by atoms with Gasteiger partial charge in [-0.3, -0.25) is 4.79 Å². The van der Waals surface area contributed by atoms with Gasteiger partial charge in [-0.15, -0.1) is 5.10 Å². The maximum absolute atomic E-state index is 12.5. The van der Waals surface area contributed by atoms with Crippen LogP contribution < -0.4 is 11.1 Å². The molecule has 0 aliphatic rings. The molecule has 116 valence electrons. The fraction of sp³-hybridized carbons (Fsp3) is 0.118. The van der Waals surface area contributed by atoms with Gasteiger partial charge in [0.25, 0.3) is 5.91 Å². The summed E-state index contributed by atoms with van der Waals surface area (Å²) in [6.45, 7) is 3.92. The minimum Gasteiger partial charge on any atom is -0.368 e. The molecule has 1 aromatic heterocycles. The molecule has 0 radical (unpaired) electrons. The predicted molar refractivity (Wildman–Crippen MR) is 89.8 cm³/mol. The summed E-state index contributed by atoms with van der Waals surface area (Å²) >= 11 is 0. The van der Waals surface area contributed by atoms with E-state index in [-0.39, 0.29) is 17.8 Å². The molecule has 3 rings (SSSR count). The number of rotatable bonds is 3. The van der Waals surface area contributed by atoms with Crippen molar-refractivity contribution in [2.24, 2.45) is 0 Å². The number of nitrogens with two attached hydrogens (primary N) is 1. The maximum atomic E-state index is 12.5. The van der Waals surface area contributed by atoms with E-state index in [0.29, 0.717) is 5.56 Å². The fourth-order valence-electron chi connectivity index (χ4n) is 2.28. The predicted octanol–water partition coefficient (Wildman–Crippen LogP) is 2.91. The first-order valence-electron chi connectivity index (χ1n) is 7.20. The first-order chi connectivity index (χ1) is 11.0. The lowest BCUT2D eigenvalue weighted by Crippen LogP contribution is -2.16. The first-order valence-corrected chi connectivity index (χ1v) is 7.20. The molecule has 6 heteroatoms. The van der Waals surface area contributed by atoms with Crippen molar-refractivity contribution in [2.45, 2.75) is 13.8 Å². The molecular formula is C17H17N5O. The number of hydrogen-bond acceptors (Lipinski definition) is 5. The van der Waals surface area contributed by atoms with Crippen molar-refractivity contribution in [1.82, 2.24) is 14.8 Å². The van der Waals surface area contributed by atoms with Gasteiger partial charge >= 0.3 is 0 Å². The number of nitrogen functional groups attached to an aromatic ring is 1. The topological polar surface area (TPSA) is 85.8 Å². The molecule has 3 N–H and O–H groups in total. The number of benzene rings is 2. The van der Waals surface area contributed by atoms with Crippen LogP contribution in [0.2, 0.25) is 0 Å². The quantitative estimate of drug-likeness (QED) is 0.777. The van der Waals surface area contributed by atoms with Crippen molar-refractivity contribution < 1.29 is 4.79 Å². The molecule has 6 nitrogen and oxygen atoms in total. The van der Waals surface area contributed by atoms with Gasteiger partial charge in [-0.2, -0.15) is 9.67 Å². The Morgan fingerprint density at radius 3 is 2.48 bits per heavy atom. The van der Waals surface area contributed by atoms with Gasteiger partial charge in [0.05, 0.1) is 0 Å². The Morgan fingerprint density at radius 2 is 1.78 bits per heavy atom. The van der Waals surface area contributed by atoms with E-state index in [0.717, 1.165) is 21.5 Å². The lowest BCUT2D eigenvalue weighted by Gasteiger charge is -2.03. The lowest BCUT2D eigenvalue weighted by molar-refractivity contribution is 0.0948. The van der Waals surface area contributed by atoms with Crippen LogP contribution >= 0.6 is 0 Å². The van der Waals surface area contributed by atoms with E-state index in [1.54, 1.807) is 12.1 Å². The molecule has 0 bridgehead atoms.